The van der Waals surface area contributed by atoms with E-state index in [0.717, 1.165) is 6.42 Å². The summed E-state index contributed by atoms with van der Waals surface area (Å²) in [6, 6.07) is 0. The Morgan fingerprint density at radius 2 is 1.30 bits per heavy atom. The molecule has 0 aliphatic rings. The molecule has 121 valence electrons. The molecule has 0 aliphatic carbocycles. The van der Waals surface area contributed by atoms with Crippen LogP contribution in [0.4, 0.5) is 0 Å². The van der Waals surface area contributed by atoms with Gasteiger partial charge in [0.2, 0.25) is 0 Å². The van der Waals surface area contributed by atoms with E-state index in [0.29, 0.717) is 13.0 Å². The van der Waals surface area contributed by atoms with Crippen LogP contribution < -0.4 is 5.73 Å². The quantitative estimate of drug-likeness (QED) is 0.416. The molecule has 0 aromatic carbocycles. The van der Waals surface area contributed by atoms with Crippen molar-refractivity contribution in [1.82, 2.24) is 0 Å². The molecule has 3 N–H and O–H groups in total. The first-order valence-corrected chi connectivity index (χ1v) is 8.92. The molecule has 0 spiro atoms. The molecular formula is C18H38NO. The maximum Gasteiger partial charge on any atom is 0.0612 e. The molecule has 0 fully saturated rings. The summed E-state index contributed by atoms with van der Waals surface area (Å²) in [4.78, 5) is 0. The molecule has 0 aromatic heterocycles. The molecule has 0 bridgehead atoms. The van der Waals surface area contributed by atoms with Gasteiger partial charge in [0.15, 0.2) is 0 Å². The van der Waals surface area contributed by atoms with Crippen molar-refractivity contribution in [2.24, 2.45) is 5.73 Å². The standard InChI is InChI=1S/C18H38NO/c1-3-4-5-6-7-8-9-10-11-12-13-14-17(2)18(20)15-16-19/h18,20H,3-16,19H2,1-2H3. The fourth-order valence-corrected chi connectivity index (χ4v) is 2.64. The van der Waals surface area contributed by atoms with Gasteiger partial charge in [-0.1, -0.05) is 84.5 Å². The average molecular weight is 285 g/mol. The number of unbranched alkanes of at least 4 members (excludes halogenated alkanes) is 10. The third-order valence-corrected chi connectivity index (χ3v) is 4.18. The number of hydrogen-bond donors (Lipinski definition) is 2. The van der Waals surface area contributed by atoms with Crippen LogP contribution in [-0.2, 0) is 0 Å². The second-order valence-electron chi connectivity index (χ2n) is 6.23. The highest BCUT2D eigenvalue weighted by Crippen LogP contribution is 2.18. The summed E-state index contributed by atoms with van der Waals surface area (Å²) in [5, 5.41) is 9.76. The van der Waals surface area contributed by atoms with Crippen molar-refractivity contribution in [3.05, 3.63) is 5.92 Å². The van der Waals surface area contributed by atoms with E-state index in [4.69, 9.17) is 5.73 Å². The third-order valence-electron chi connectivity index (χ3n) is 4.18. The molecular weight excluding hydrogens is 246 g/mol. The largest absolute Gasteiger partial charge is 0.392 e. The van der Waals surface area contributed by atoms with Gasteiger partial charge in [-0.05, 0) is 19.4 Å². The van der Waals surface area contributed by atoms with Crippen molar-refractivity contribution in [1.29, 1.82) is 0 Å². The van der Waals surface area contributed by atoms with Crippen molar-refractivity contribution >= 4 is 0 Å². The van der Waals surface area contributed by atoms with E-state index < -0.39 is 0 Å². The van der Waals surface area contributed by atoms with Gasteiger partial charge in [0.25, 0.3) is 0 Å². The van der Waals surface area contributed by atoms with Crippen LogP contribution in [0.3, 0.4) is 0 Å². The van der Waals surface area contributed by atoms with Crippen LogP contribution in [0.1, 0.15) is 97.3 Å². The van der Waals surface area contributed by atoms with E-state index in [1.165, 1.54) is 76.5 Å². The molecule has 20 heavy (non-hydrogen) atoms. The predicted octanol–water partition coefficient (Wildman–Crippen LogP) is 4.99. The Kier molecular flexibility index (Phi) is 15.3. The SMILES string of the molecule is CCCCCCCCCCCCC[C](C)C(O)CCN. The Bertz CT molecular complexity index is 184. The monoisotopic (exact) mass is 284 g/mol. The fourth-order valence-electron chi connectivity index (χ4n) is 2.64. The minimum atomic E-state index is -0.275. The van der Waals surface area contributed by atoms with Crippen LogP contribution in [-0.4, -0.2) is 17.8 Å². The van der Waals surface area contributed by atoms with Crippen LogP contribution in [0.25, 0.3) is 0 Å². The van der Waals surface area contributed by atoms with E-state index in [-0.39, 0.29) is 6.10 Å². The number of aliphatic hydroxyl groups is 1. The lowest BCUT2D eigenvalue weighted by atomic mass is 9.95. The summed E-state index contributed by atoms with van der Waals surface area (Å²) in [7, 11) is 0. The summed E-state index contributed by atoms with van der Waals surface area (Å²) >= 11 is 0. The number of rotatable bonds is 15. The smallest absolute Gasteiger partial charge is 0.0612 e. The second kappa shape index (κ2) is 15.3. The normalized spacial score (nSPS) is 13.1. The lowest BCUT2D eigenvalue weighted by Crippen LogP contribution is -2.19. The van der Waals surface area contributed by atoms with Gasteiger partial charge >= 0.3 is 0 Å². The van der Waals surface area contributed by atoms with Crippen LogP contribution in [0, 0.1) is 5.92 Å². The van der Waals surface area contributed by atoms with Crippen molar-refractivity contribution in [3.63, 3.8) is 0 Å². The van der Waals surface area contributed by atoms with E-state index >= 15 is 0 Å². The Labute approximate surface area is 127 Å². The molecule has 0 aliphatic heterocycles. The predicted molar refractivity (Wildman–Crippen MR) is 89.7 cm³/mol. The Balaban J connectivity index is 3.16. The average Bonchev–Trinajstić information content (AvgIpc) is 2.44. The van der Waals surface area contributed by atoms with E-state index in [1.54, 1.807) is 0 Å². The molecule has 1 atom stereocenters. The van der Waals surface area contributed by atoms with Crippen LogP contribution in [0.5, 0.6) is 0 Å². The van der Waals surface area contributed by atoms with Gasteiger partial charge in [0, 0.05) is 5.92 Å². The Morgan fingerprint density at radius 1 is 0.850 bits per heavy atom. The Hall–Kier alpha value is -0.0800. The van der Waals surface area contributed by atoms with Crippen LogP contribution in [0.15, 0.2) is 0 Å². The van der Waals surface area contributed by atoms with E-state index in [2.05, 4.69) is 13.8 Å². The highest BCUT2D eigenvalue weighted by molar-refractivity contribution is 4.91. The van der Waals surface area contributed by atoms with Crippen LogP contribution in [0.2, 0.25) is 0 Å². The maximum atomic E-state index is 9.76. The van der Waals surface area contributed by atoms with E-state index in [9.17, 15) is 5.11 Å². The first-order valence-electron chi connectivity index (χ1n) is 8.92. The zero-order valence-electron chi connectivity index (χ0n) is 14.0. The lowest BCUT2D eigenvalue weighted by Gasteiger charge is -2.17. The minimum Gasteiger partial charge on any atom is -0.392 e. The van der Waals surface area contributed by atoms with Crippen molar-refractivity contribution in [2.45, 2.75) is 103 Å². The van der Waals surface area contributed by atoms with Gasteiger partial charge in [-0.15, -0.1) is 0 Å². The van der Waals surface area contributed by atoms with Crippen molar-refractivity contribution < 1.29 is 5.11 Å². The molecule has 2 nitrogen and oxygen atoms in total. The van der Waals surface area contributed by atoms with Gasteiger partial charge in [0.1, 0.15) is 0 Å². The van der Waals surface area contributed by atoms with Crippen LogP contribution >= 0.6 is 0 Å². The van der Waals surface area contributed by atoms with Gasteiger partial charge < -0.3 is 10.8 Å². The summed E-state index contributed by atoms with van der Waals surface area (Å²) in [6.07, 6.45) is 16.7. The third kappa shape index (κ3) is 12.9. The minimum absolute atomic E-state index is 0.275. The van der Waals surface area contributed by atoms with Crippen molar-refractivity contribution in [3.8, 4) is 0 Å². The topological polar surface area (TPSA) is 46.2 Å². The molecule has 0 aromatic rings. The second-order valence-corrected chi connectivity index (χ2v) is 6.23. The molecule has 2 heteroatoms. The molecule has 0 amide bonds. The highest BCUT2D eigenvalue weighted by Gasteiger charge is 2.12. The van der Waals surface area contributed by atoms with E-state index in [1.807, 2.05) is 0 Å². The summed E-state index contributed by atoms with van der Waals surface area (Å²) in [6.45, 7) is 4.92. The molecule has 0 saturated carbocycles. The molecule has 1 unspecified atom stereocenters. The summed E-state index contributed by atoms with van der Waals surface area (Å²) in [5.74, 6) is 1.21. The van der Waals surface area contributed by atoms with Gasteiger partial charge in [-0.2, -0.15) is 0 Å². The van der Waals surface area contributed by atoms with Crippen molar-refractivity contribution in [2.75, 3.05) is 6.54 Å². The first-order chi connectivity index (χ1) is 9.72. The summed E-state index contributed by atoms with van der Waals surface area (Å²) in [5.41, 5.74) is 5.45. The first kappa shape index (κ1) is 19.9. The highest BCUT2D eigenvalue weighted by atomic mass is 16.3. The molecule has 0 heterocycles. The molecule has 1 radical (unpaired) electrons. The zero-order valence-corrected chi connectivity index (χ0v) is 14.0. The maximum absolute atomic E-state index is 9.76. The molecule has 0 saturated heterocycles. The van der Waals surface area contributed by atoms with Gasteiger partial charge in [-0.25, -0.2) is 0 Å². The number of nitrogens with two attached hydrogens (primary N) is 1. The molecule has 0 rings (SSSR count). The summed E-state index contributed by atoms with van der Waals surface area (Å²) < 4.78 is 0. The zero-order chi connectivity index (χ0) is 15.1. The number of aliphatic hydroxyl groups excluding tert-OH is 1. The van der Waals surface area contributed by atoms with Gasteiger partial charge in [0.05, 0.1) is 6.10 Å². The lowest BCUT2D eigenvalue weighted by molar-refractivity contribution is 0.174. The fraction of sp³-hybridized carbons (Fsp3) is 0.944. The van der Waals surface area contributed by atoms with Gasteiger partial charge in [-0.3, -0.25) is 0 Å². The number of hydrogen-bond acceptors (Lipinski definition) is 2. The Morgan fingerprint density at radius 3 is 1.75 bits per heavy atom.